The van der Waals surface area contributed by atoms with Crippen LogP contribution in [0.5, 0.6) is 11.5 Å². The quantitative estimate of drug-likeness (QED) is 0.208. The summed E-state index contributed by atoms with van der Waals surface area (Å²) in [5, 5.41) is 28.0. The van der Waals surface area contributed by atoms with E-state index in [0.29, 0.717) is 23.6 Å². The highest BCUT2D eigenvalue weighted by Gasteiger charge is 2.21. The van der Waals surface area contributed by atoms with Gasteiger partial charge in [0.15, 0.2) is 0 Å². The number of phenols is 1. The number of hydrazone groups is 1. The number of hydrogen-bond acceptors (Lipinski definition) is 7. The largest absolute Gasteiger partial charge is 0.507 e. The molecule has 0 amide bonds. The Hall–Kier alpha value is -4.59. The molecule has 42 heavy (non-hydrogen) atoms. The molecule has 4 aromatic rings. The van der Waals surface area contributed by atoms with Crippen molar-refractivity contribution in [1.29, 1.82) is 0 Å². The molecule has 7 nitrogen and oxygen atoms in total. The van der Waals surface area contributed by atoms with E-state index in [1.165, 1.54) is 11.1 Å². The first kappa shape index (κ1) is 28.9. The maximum absolute atomic E-state index is 11.1. The van der Waals surface area contributed by atoms with E-state index in [4.69, 9.17) is 14.6 Å². The van der Waals surface area contributed by atoms with Gasteiger partial charge in [-0.1, -0.05) is 71.8 Å². The minimum Gasteiger partial charge on any atom is -0.507 e. The van der Waals surface area contributed by atoms with Crippen LogP contribution in [0.4, 0.5) is 5.69 Å². The second kappa shape index (κ2) is 12.9. The zero-order chi connectivity index (χ0) is 29.6. The van der Waals surface area contributed by atoms with Crippen molar-refractivity contribution in [3.05, 3.63) is 130 Å². The Kier molecular flexibility index (Phi) is 8.91. The number of anilines is 1. The normalized spacial score (nSPS) is 13.7. The number of allylic oxidation sites excluding steroid dienone is 1. The second-order valence-corrected chi connectivity index (χ2v) is 10.7. The Labute approximate surface area is 247 Å². The van der Waals surface area contributed by atoms with Crippen LogP contribution in [0.1, 0.15) is 38.9 Å². The average molecular weight is 564 g/mol. The zero-order valence-electron chi connectivity index (χ0n) is 24.5. The highest BCUT2D eigenvalue weighted by molar-refractivity contribution is 6.15. The molecule has 0 saturated heterocycles. The van der Waals surface area contributed by atoms with E-state index in [-0.39, 0.29) is 19.0 Å². The number of hydrogen-bond donors (Lipinski definition) is 3. The Morgan fingerprint density at radius 2 is 1.52 bits per heavy atom. The van der Waals surface area contributed by atoms with Gasteiger partial charge in [-0.15, -0.1) is 0 Å². The van der Waals surface area contributed by atoms with Crippen molar-refractivity contribution < 1.29 is 19.7 Å². The summed E-state index contributed by atoms with van der Waals surface area (Å²) < 4.78 is 11.4. The molecule has 0 radical (unpaired) electrons. The third-order valence-corrected chi connectivity index (χ3v) is 7.08. The minimum atomic E-state index is -0.807. The summed E-state index contributed by atoms with van der Waals surface area (Å²) in [6.45, 7) is 8.88. The van der Waals surface area contributed by atoms with Crippen LogP contribution in [0.15, 0.2) is 96.1 Å². The predicted octanol–water partition coefficient (Wildman–Crippen LogP) is 6.35. The molecule has 1 aliphatic rings. The van der Waals surface area contributed by atoms with Gasteiger partial charge < -0.3 is 19.7 Å². The van der Waals surface area contributed by atoms with Gasteiger partial charge in [0.2, 0.25) is 0 Å². The molecule has 4 aromatic carbocycles. The molecule has 1 unspecified atom stereocenters. The zero-order valence-corrected chi connectivity index (χ0v) is 24.5. The van der Waals surface area contributed by atoms with Gasteiger partial charge in [-0.25, -0.2) is 0 Å². The molecule has 1 heterocycles. The summed E-state index contributed by atoms with van der Waals surface area (Å²) in [5.74, 6) is 0.470. The third-order valence-electron chi connectivity index (χ3n) is 7.08. The second-order valence-electron chi connectivity index (χ2n) is 10.7. The van der Waals surface area contributed by atoms with Crippen LogP contribution in [0.3, 0.4) is 0 Å². The number of benzene rings is 4. The molecule has 0 saturated carbocycles. The molecule has 0 bridgehead atoms. The fraction of sp³-hybridized carbons (Fsp3) is 0.229. The number of nitrogens with zero attached hydrogens (tertiary/aromatic N) is 2. The Morgan fingerprint density at radius 3 is 2.24 bits per heavy atom. The minimum absolute atomic E-state index is 0.0276. The Morgan fingerprint density at radius 1 is 0.810 bits per heavy atom. The lowest BCUT2D eigenvalue weighted by Gasteiger charge is -2.29. The van der Waals surface area contributed by atoms with Crippen molar-refractivity contribution in [1.82, 2.24) is 5.43 Å². The van der Waals surface area contributed by atoms with Crippen molar-refractivity contribution in [2.24, 2.45) is 5.10 Å². The van der Waals surface area contributed by atoms with E-state index in [2.05, 4.69) is 63.5 Å². The van der Waals surface area contributed by atoms with Crippen LogP contribution in [0.2, 0.25) is 0 Å². The number of aliphatic hydroxyl groups excluding tert-OH is 1. The molecule has 7 heteroatoms. The number of aliphatic hydroxyl groups is 1. The first-order valence-corrected chi connectivity index (χ1v) is 14.0. The van der Waals surface area contributed by atoms with Crippen LogP contribution >= 0.6 is 0 Å². The molecule has 0 aromatic heterocycles. The van der Waals surface area contributed by atoms with Crippen LogP contribution in [0, 0.1) is 27.7 Å². The fourth-order valence-corrected chi connectivity index (χ4v) is 4.93. The van der Waals surface area contributed by atoms with Gasteiger partial charge in [-0.2, -0.15) is 10.2 Å². The number of aryl methyl sites for hydroxylation is 4. The number of nitrogens with one attached hydrogen (secondary N) is 1. The Bertz CT molecular complexity index is 1610. The number of phenolic OH excluding ortho intramolecular Hbond substituents is 1. The van der Waals surface area contributed by atoms with Gasteiger partial charge in [-0.3, -0.25) is 5.43 Å². The first-order valence-electron chi connectivity index (χ1n) is 14.0. The van der Waals surface area contributed by atoms with Crippen molar-refractivity contribution in [3.8, 4) is 11.5 Å². The average Bonchev–Trinajstić information content (AvgIpc) is 2.96. The van der Waals surface area contributed by atoms with E-state index in [9.17, 15) is 10.2 Å². The van der Waals surface area contributed by atoms with Gasteiger partial charge in [0.05, 0.1) is 30.3 Å². The lowest BCUT2D eigenvalue weighted by Crippen LogP contribution is -2.37. The predicted molar refractivity (Wildman–Crippen MR) is 168 cm³/mol. The number of hydrazine groups is 1. The van der Waals surface area contributed by atoms with Gasteiger partial charge >= 0.3 is 0 Å². The molecular weight excluding hydrogens is 526 g/mol. The molecule has 0 aliphatic carbocycles. The molecule has 216 valence electrons. The van der Waals surface area contributed by atoms with Crippen LogP contribution < -0.4 is 15.3 Å². The smallest absolute Gasteiger partial charge is 0.128 e. The maximum Gasteiger partial charge on any atom is 0.128 e. The van der Waals surface area contributed by atoms with E-state index in [0.717, 1.165) is 33.6 Å². The summed E-state index contributed by atoms with van der Waals surface area (Å²) in [6, 6.07) is 27.4. The highest BCUT2D eigenvalue weighted by atomic mass is 16.5. The monoisotopic (exact) mass is 563 g/mol. The van der Waals surface area contributed by atoms with Crippen LogP contribution in [-0.4, -0.2) is 35.2 Å². The van der Waals surface area contributed by atoms with Crippen molar-refractivity contribution in [3.63, 3.8) is 0 Å². The summed E-state index contributed by atoms with van der Waals surface area (Å²) in [7, 11) is 0. The molecule has 1 atom stereocenters. The van der Waals surface area contributed by atoms with Crippen molar-refractivity contribution in [2.75, 3.05) is 18.3 Å². The van der Waals surface area contributed by atoms with Crippen LogP contribution in [0.25, 0.3) is 5.70 Å². The number of ether oxygens (including phenoxy) is 2. The molecule has 5 rings (SSSR count). The lowest BCUT2D eigenvalue weighted by molar-refractivity contribution is 0.00546. The van der Waals surface area contributed by atoms with Gasteiger partial charge in [0.25, 0.3) is 0 Å². The van der Waals surface area contributed by atoms with Crippen molar-refractivity contribution in [2.45, 2.75) is 40.4 Å². The molecule has 1 aliphatic heterocycles. The summed E-state index contributed by atoms with van der Waals surface area (Å²) >= 11 is 0. The fourth-order valence-electron chi connectivity index (χ4n) is 4.93. The SMILES string of the molecule is Cc1ccc(C2=CC(c3ccc(OCC(O)COCc4ccccc4)cc3O)=NN(c3ccc(C)cc3C)N2)c(C)c1. The van der Waals surface area contributed by atoms with Crippen molar-refractivity contribution >= 4 is 17.1 Å². The van der Waals surface area contributed by atoms with E-state index < -0.39 is 6.10 Å². The molecule has 0 spiro atoms. The van der Waals surface area contributed by atoms with E-state index >= 15 is 0 Å². The molecular formula is C35H37N3O4. The Balaban J connectivity index is 1.34. The number of aromatic hydroxyl groups is 1. The number of rotatable bonds is 10. The summed E-state index contributed by atoms with van der Waals surface area (Å²) in [4.78, 5) is 0. The molecule has 3 N–H and O–H groups in total. The topological polar surface area (TPSA) is 86.5 Å². The lowest BCUT2D eigenvalue weighted by atomic mass is 10.00. The standard InChI is InChI=1S/C35H37N3O4/c1-23-10-13-30(25(3)16-23)32-19-33(37-38(36-32)34-15-11-24(2)17-26(34)4)31-14-12-29(18-35(31)40)42-22-28(39)21-41-20-27-8-6-5-7-9-27/h5-19,28,36,39-40H,20-22H2,1-4H3. The first-order chi connectivity index (χ1) is 20.3. The van der Waals surface area contributed by atoms with Gasteiger partial charge in [0.1, 0.15) is 24.2 Å². The van der Waals surface area contributed by atoms with Crippen LogP contribution in [-0.2, 0) is 11.3 Å². The van der Waals surface area contributed by atoms with Gasteiger partial charge in [-0.05, 0) is 68.7 Å². The summed E-state index contributed by atoms with van der Waals surface area (Å²) in [5.41, 5.74) is 13.1. The van der Waals surface area contributed by atoms with E-state index in [1.807, 2.05) is 42.5 Å². The van der Waals surface area contributed by atoms with E-state index in [1.54, 1.807) is 23.3 Å². The highest BCUT2D eigenvalue weighted by Crippen LogP contribution is 2.31. The van der Waals surface area contributed by atoms with Gasteiger partial charge in [0, 0.05) is 17.2 Å². The molecule has 0 fully saturated rings. The maximum atomic E-state index is 11.1. The third kappa shape index (κ3) is 7.00. The summed E-state index contributed by atoms with van der Waals surface area (Å²) in [6.07, 6.45) is 1.14.